The average molecular weight is 307 g/mol. The number of rotatable bonds is 7. The van der Waals surface area contributed by atoms with E-state index in [1.807, 2.05) is 6.92 Å². The zero-order valence-corrected chi connectivity index (χ0v) is 12.5. The predicted octanol–water partition coefficient (Wildman–Crippen LogP) is 1.65. The molecule has 0 aliphatic rings. The van der Waals surface area contributed by atoms with E-state index in [4.69, 9.17) is 6.42 Å². The van der Waals surface area contributed by atoms with Crippen LogP contribution in [0.5, 0.6) is 0 Å². The highest BCUT2D eigenvalue weighted by Crippen LogP contribution is 2.20. The van der Waals surface area contributed by atoms with Crippen molar-refractivity contribution < 1.29 is 18.3 Å². The first kappa shape index (κ1) is 17.0. The lowest BCUT2D eigenvalue weighted by atomic mass is 10.2. The van der Waals surface area contributed by atoms with Crippen LogP contribution in [0, 0.1) is 19.3 Å². The van der Waals surface area contributed by atoms with Crippen LogP contribution in [0.4, 0.5) is 0 Å². The molecule has 0 saturated carbocycles. The lowest BCUT2D eigenvalue weighted by Crippen LogP contribution is -2.44. The van der Waals surface area contributed by atoms with Crippen molar-refractivity contribution in [1.29, 1.82) is 0 Å². The molecule has 1 atom stereocenters. The summed E-state index contributed by atoms with van der Waals surface area (Å²) in [5.74, 6) is 0.913. The maximum absolute atomic E-state index is 12.6. The van der Waals surface area contributed by atoms with Gasteiger partial charge >= 0.3 is 5.97 Å². The lowest BCUT2D eigenvalue weighted by Gasteiger charge is -2.26. The van der Waals surface area contributed by atoms with Gasteiger partial charge in [0, 0.05) is 13.0 Å². The number of benzene rings is 1. The first-order valence-electron chi connectivity index (χ1n) is 6.20. The van der Waals surface area contributed by atoms with E-state index in [2.05, 4.69) is 12.5 Å². The molecular weight excluding hydrogens is 290 g/mol. The maximum atomic E-state index is 12.6. The predicted molar refractivity (Wildman–Crippen MR) is 80.1 cm³/mol. The Hall–Kier alpha value is -2.10. The molecular formula is C15H17NO4S. The van der Waals surface area contributed by atoms with E-state index in [0.717, 1.165) is 9.87 Å². The van der Waals surface area contributed by atoms with Crippen molar-refractivity contribution in [2.24, 2.45) is 0 Å². The molecule has 1 rings (SSSR count). The molecule has 21 heavy (non-hydrogen) atoms. The second-order valence-electron chi connectivity index (χ2n) is 4.44. The number of aliphatic carboxylic acids is 1. The van der Waals surface area contributed by atoms with E-state index in [9.17, 15) is 18.3 Å². The minimum atomic E-state index is -3.96. The van der Waals surface area contributed by atoms with Gasteiger partial charge in [0.15, 0.2) is 0 Å². The van der Waals surface area contributed by atoms with Gasteiger partial charge in [0.05, 0.1) is 4.90 Å². The molecule has 112 valence electrons. The first-order valence-corrected chi connectivity index (χ1v) is 7.64. The van der Waals surface area contributed by atoms with E-state index >= 15 is 0 Å². The Balaban J connectivity index is 3.31. The summed E-state index contributed by atoms with van der Waals surface area (Å²) in [5.41, 5.74) is 0.905. The number of carboxylic acid groups (broad SMARTS) is 1. The highest BCUT2D eigenvalue weighted by molar-refractivity contribution is 7.89. The molecule has 6 heteroatoms. The second-order valence-corrected chi connectivity index (χ2v) is 6.33. The topological polar surface area (TPSA) is 74.7 Å². The van der Waals surface area contributed by atoms with Gasteiger partial charge in [-0.25, -0.2) is 8.42 Å². The van der Waals surface area contributed by atoms with Gasteiger partial charge in [-0.3, -0.25) is 4.79 Å². The van der Waals surface area contributed by atoms with E-state index in [1.54, 1.807) is 12.1 Å². The van der Waals surface area contributed by atoms with Gasteiger partial charge in [0.1, 0.15) is 6.04 Å². The summed E-state index contributed by atoms with van der Waals surface area (Å²) in [4.78, 5) is 11.3. The Morgan fingerprint density at radius 1 is 1.48 bits per heavy atom. The van der Waals surface area contributed by atoms with Gasteiger partial charge in [-0.15, -0.1) is 18.9 Å². The third kappa shape index (κ3) is 3.94. The van der Waals surface area contributed by atoms with E-state index in [0.29, 0.717) is 0 Å². The molecule has 5 nitrogen and oxygen atoms in total. The van der Waals surface area contributed by atoms with Crippen molar-refractivity contribution in [3.05, 3.63) is 42.5 Å². The molecule has 0 spiro atoms. The molecule has 0 amide bonds. The zero-order valence-electron chi connectivity index (χ0n) is 11.7. The summed E-state index contributed by atoms with van der Waals surface area (Å²) >= 11 is 0. The number of sulfonamides is 1. The van der Waals surface area contributed by atoms with Crippen LogP contribution in [-0.4, -0.2) is 36.4 Å². The normalized spacial score (nSPS) is 12.6. The molecule has 0 saturated heterocycles. The summed E-state index contributed by atoms with van der Waals surface area (Å²) in [6.45, 7) is 5.17. The van der Waals surface area contributed by atoms with Crippen LogP contribution in [0.2, 0.25) is 0 Å². The van der Waals surface area contributed by atoms with Gasteiger partial charge < -0.3 is 5.11 Å². The summed E-state index contributed by atoms with van der Waals surface area (Å²) in [5, 5.41) is 9.22. The van der Waals surface area contributed by atoms with Crippen molar-refractivity contribution in [3.63, 3.8) is 0 Å². The molecule has 0 heterocycles. The molecule has 0 bridgehead atoms. The van der Waals surface area contributed by atoms with Crippen molar-refractivity contribution in [1.82, 2.24) is 4.31 Å². The lowest BCUT2D eigenvalue weighted by molar-refractivity contribution is -0.141. The molecule has 0 radical (unpaired) electrons. The average Bonchev–Trinajstić information content (AvgIpc) is 2.42. The molecule has 0 aliphatic carbocycles. The molecule has 1 aromatic carbocycles. The van der Waals surface area contributed by atoms with Gasteiger partial charge in [-0.1, -0.05) is 23.8 Å². The molecule has 1 N–H and O–H groups in total. The van der Waals surface area contributed by atoms with Gasteiger partial charge in [-0.05, 0) is 19.1 Å². The van der Waals surface area contributed by atoms with Crippen LogP contribution in [0.3, 0.4) is 0 Å². The van der Waals surface area contributed by atoms with Crippen LogP contribution >= 0.6 is 0 Å². The fraction of sp³-hybridized carbons (Fsp3) is 0.267. The highest BCUT2D eigenvalue weighted by Gasteiger charge is 2.34. The highest BCUT2D eigenvalue weighted by atomic mass is 32.2. The number of nitrogens with zero attached hydrogens (tertiary/aromatic N) is 1. The van der Waals surface area contributed by atoms with Crippen molar-refractivity contribution >= 4 is 16.0 Å². The third-order valence-electron chi connectivity index (χ3n) is 2.88. The molecule has 0 aromatic heterocycles. The summed E-state index contributed by atoms with van der Waals surface area (Å²) in [6, 6.07) is 4.86. The Bertz CT molecular complexity index is 656. The SMILES string of the molecule is C#CCC(C(=O)O)N(CC=C)S(=O)(=O)c1ccc(C)cc1. The van der Waals surface area contributed by atoms with Crippen molar-refractivity contribution in [3.8, 4) is 12.3 Å². The van der Waals surface area contributed by atoms with E-state index < -0.39 is 22.0 Å². The second kappa shape index (κ2) is 7.07. The van der Waals surface area contributed by atoms with Crippen LogP contribution in [0.15, 0.2) is 41.8 Å². The van der Waals surface area contributed by atoms with E-state index in [-0.39, 0.29) is 17.9 Å². The van der Waals surface area contributed by atoms with Crippen molar-refractivity contribution in [2.75, 3.05) is 6.54 Å². The summed E-state index contributed by atoms with van der Waals surface area (Å²) < 4.78 is 26.1. The minimum Gasteiger partial charge on any atom is -0.480 e. The Morgan fingerprint density at radius 3 is 2.48 bits per heavy atom. The molecule has 0 fully saturated rings. The summed E-state index contributed by atoms with van der Waals surface area (Å²) in [7, 11) is -3.96. The van der Waals surface area contributed by atoms with Gasteiger partial charge in [0.25, 0.3) is 0 Å². The zero-order chi connectivity index (χ0) is 16.0. The van der Waals surface area contributed by atoms with Crippen LogP contribution in [0.25, 0.3) is 0 Å². The monoisotopic (exact) mass is 307 g/mol. The van der Waals surface area contributed by atoms with Crippen molar-refractivity contribution in [2.45, 2.75) is 24.3 Å². The molecule has 0 aliphatic heterocycles. The number of hydrogen-bond donors (Lipinski definition) is 1. The number of terminal acetylenes is 1. The largest absolute Gasteiger partial charge is 0.480 e. The summed E-state index contributed by atoms with van der Waals surface area (Å²) in [6.07, 6.45) is 6.26. The fourth-order valence-electron chi connectivity index (χ4n) is 1.79. The Morgan fingerprint density at radius 2 is 2.05 bits per heavy atom. The van der Waals surface area contributed by atoms with Crippen LogP contribution in [-0.2, 0) is 14.8 Å². The first-order chi connectivity index (χ1) is 9.84. The molecule has 1 unspecified atom stereocenters. The van der Waals surface area contributed by atoms with Crippen LogP contribution in [0.1, 0.15) is 12.0 Å². The maximum Gasteiger partial charge on any atom is 0.323 e. The fourth-order valence-corrected chi connectivity index (χ4v) is 3.34. The molecule has 1 aromatic rings. The number of carboxylic acids is 1. The standard InChI is InChI=1S/C15H17NO4S/c1-4-6-14(15(17)18)16(11-5-2)21(19,20)13-9-7-12(3)8-10-13/h1,5,7-10,14H,2,6,11H2,3H3,(H,17,18). The smallest absolute Gasteiger partial charge is 0.323 e. The number of hydrogen-bond acceptors (Lipinski definition) is 3. The van der Waals surface area contributed by atoms with Crippen LogP contribution < -0.4 is 0 Å². The minimum absolute atomic E-state index is 0.0261. The Labute approximate surface area is 125 Å². The third-order valence-corrected chi connectivity index (χ3v) is 4.77. The Kier molecular flexibility index (Phi) is 5.70. The quantitative estimate of drug-likeness (QED) is 0.614. The number of carbonyl (C=O) groups is 1. The van der Waals surface area contributed by atoms with Gasteiger partial charge in [0.2, 0.25) is 10.0 Å². The van der Waals surface area contributed by atoms with E-state index in [1.165, 1.54) is 18.2 Å². The van der Waals surface area contributed by atoms with Gasteiger partial charge in [-0.2, -0.15) is 4.31 Å². The number of aryl methyl sites for hydroxylation is 1.